The molecule has 0 aromatic heterocycles. The molecule has 0 fully saturated rings. The lowest BCUT2D eigenvalue weighted by molar-refractivity contribution is 0.396. The van der Waals surface area contributed by atoms with Gasteiger partial charge < -0.3 is 9.47 Å². The highest BCUT2D eigenvalue weighted by atomic mass is 16.5. The number of para-hydroxylation sites is 2. The lowest BCUT2D eigenvalue weighted by atomic mass is 9.92. The third-order valence-electron chi connectivity index (χ3n) is 2.84. The Morgan fingerprint density at radius 3 is 1.83 bits per heavy atom. The summed E-state index contributed by atoms with van der Waals surface area (Å²) in [4.78, 5) is 4.21. The molecule has 0 bridgehead atoms. The van der Waals surface area contributed by atoms with Gasteiger partial charge in [-0.15, -0.1) is 0 Å². The normalized spacial score (nSPS) is 11.9. The molecule has 2 aromatic rings. The fourth-order valence-electron chi connectivity index (χ4n) is 1.91. The second-order valence-electron chi connectivity index (χ2n) is 6.38. The van der Waals surface area contributed by atoms with Crippen LogP contribution in [0.5, 0.6) is 11.5 Å². The highest BCUT2D eigenvalue weighted by molar-refractivity contribution is 5.91. The number of nitrogens with one attached hydrogen (secondary N) is 1. The van der Waals surface area contributed by atoms with Gasteiger partial charge in [-0.25, -0.2) is 5.41 Å². The van der Waals surface area contributed by atoms with Crippen molar-refractivity contribution in [2.45, 2.75) is 27.2 Å². The molecular formula is C19H22N2O2. The van der Waals surface area contributed by atoms with Crippen LogP contribution in [0.25, 0.3) is 0 Å². The van der Waals surface area contributed by atoms with Crippen molar-refractivity contribution in [1.29, 1.82) is 5.41 Å². The van der Waals surface area contributed by atoms with Gasteiger partial charge in [0.05, 0.1) is 0 Å². The van der Waals surface area contributed by atoms with Crippen LogP contribution in [0.2, 0.25) is 0 Å². The van der Waals surface area contributed by atoms with Gasteiger partial charge in [0.25, 0.3) is 0 Å². The van der Waals surface area contributed by atoms with Crippen molar-refractivity contribution in [2.24, 2.45) is 10.4 Å². The van der Waals surface area contributed by atoms with Crippen molar-refractivity contribution in [3.05, 3.63) is 60.7 Å². The number of rotatable bonds is 3. The lowest BCUT2D eigenvalue weighted by Gasteiger charge is -2.19. The molecule has 0 aliphatic rings. The van der Waals surface area contributed by atoms with Crippen LogP contribution >= 0.6 is 0 Å². The van der Waals surface area contributed by atoms with E-state index in [4.69, 9.17) is 14.9 Å². The molecule has 0 saturated carbocycles. The van der Waals surface area contributed by atoms with E-state index in [0.717, 1.165) is 0 Å². The zero-order valence-electron chi connectivity index (χ0n) is 13.7. The average molecular weight is 310 g/mol. The standard InChI is InChI=1S/C19H22N2O2/c1-19(2,3)14-17(22-15-10-6-4-7-11-15)21-18(20)23-16-12-8-5-9-13-16/h4-13,20H,14H2,1-3H3. The largest absolute Gasteiger partial charge is 0.443 e. The number of amidine groups is 1. The molecule has 0 heterocycles. The Balaban J connectivity index is 2.13. The van der Waals surface area contributed by atoms with E-state index in [1.165, 1.54) is 0 Å². The van der Waals surface area contributed by atoms with Gasteiger partial charge in [-0.3, -0.25) is 0 Å². The highest BCUT2D eigenvalue weighted by Gasteiger charge is 2.17. The van der Waals surface area contributed by atoms with Crippen LogP contribution in [0.15, 0.2) is 65.7 Å². The first-order valence-electron chi connectivity index (χ1n) is 7.54. The summed E-state index contributed by atoms with van der Waals surface area (Å²) in [5, 5.41) is 7.94. The summed E-state index contributed by atoms with van der Waals surface area (Å²) in [6.07, 6.45) is 0.600. The number of aliphatic imine (C=N–C) groups is 1. The van der Waals surface area contributed by atoms with Crippen molar-refractivity contribution in [1.82, 2.24) is 0 Å². The minimum Gasteiger partial charge on any atom is -0.443 e. The summed E-state index contributed by atoms with van der Waals surface area (Å²) in [5.41, 5.74) is -0.0133. The molecule has 2 rings (SSSR count). The Morgan fingerprint density at radius 2 is 1.35 bits per heavy atom. The maximum Gasteiger partial charge on any atom is 0.317 e. The van der Waals surface area contributed by atoms with Crippen molar-refractivity contribution in [2.75, 3.05) is 0 Å². The Labute approximate surface area is 137 Å². The molecule has 0 spiro atoms. The maximum absolute atomic E-state index is 7.94. The first-order valence-corrected chi connectivity index (χ1v) is 7.54. The van der Waals surface area contributed by atoms with Crippen LogP contribution in [-0.2, 0) is 0 Å². The molecule has 120 valence electrons. The van der Waals surface area contributed by atoms with E-state index in [1.807, 2.05) is 48.5 Å². The first kappa shape index (κ1) is 16.7. The number of hydrogen-bond acceptors (Lipinski definition) is 3. The molecule has 0 aliphatic heterocycles. The second-order valence-corrected chi connectivity index (χ2v) is 6.38. The number of nitrogens with zero attached hydrogens (tertiary/aromatic N) is 1. The van der Waals surface area contributed by atoms with Gasteiger partial charge in [-0.05, 0) is 29.7 Å². The van der Waals surface area contributed by atoms with Gasteiger partial charge in [0.2, 0.25) is 0 Å². The molecule has 0 unspecified atom stereocenters. The molecule has 0 amide bonds. The summed E-state index contributed by atoms with van der Waals surface area (Å²) in [5.74, 6) is 1.74. The third-order valence-corrected chi connectivity index (χ3v) is 2.84. The second kappa shape index (κ2) is 7.58. The monoisotopic (exact) mass is 310 g/mol. The molecule has 0 aliphatic carbocycles. The lowest BCUT2D eigenvalue weighted by Crippen LogP contribution is -2.20. The Bertz CT molecular complexity index is 659. The Hall–Kier alpha value is -2.62. The van der Waals surface area contributed by atoms with Crippen LogP contribution in [0, 0.1) is 10.8 Å². The Morgan fingerprint density at radius 1 is 0.870 bits per heavy atom. The van der Waals surface area contributed by atoms with Crippen molar-refractivity contribution >= 4 is 11.9 Å². The zero-order valence-corrected chi connectivity index (χ0v) is 13.7. The Kier molecular flexibility index (Phi) is 5.52. The summed E-state index contributed by atoms with van der Waals surface area (Å²) in [6.45, 7) is 6.29. The molecule has 2 aromatic carbocycles. The average Bonchev–Trinajstić information content (AvgIpc) is 2.47. The molecule has 0 atom stereocenters. The van der Waals surface area contributed by atoms with E-state index in [1.54, 1.807) is 12.1 Å². The first-order chi connectivity index (χ1) is 10.9. The van der Waals surface area contributed by atoms with E-state index in [0.29, 0.717) is 23.8 Å². The van der Waals surface area contributed by atoms with Crippen LogP contribution in [0.1, 0.15) is 27.2 Å². The number of benzene rings is 2. The van der Waals surface area contributed by atoms with E-state index in [9.17, 15) is 0 Å². The van der Waals surface area contributed by atoms with E-state index >= 15 is 0 Å². The van der Waals surface area contributed by atoms with Crippen LogP contribution in [0.4, 0.5) is 0 Å². The van der Waals surface area contributed by atoms with Crippen LogP contribution in [-0.4, -0.2) is 11.9 Å². The smallest absolute Gasteiger partial charge is 0.317 e. The van der Waals surface area contributed by atoms with E-state index in [-0.39, 0.29) is 11.4 Å². The van der Waals surface area contributed by atoms with Crippen molar-refractivity contribution in [3.8, 4) is 11.5 Å². The van der Waals surface area contributed by atoms with Crippen LogP contribution < -0.4 is 9.47 Å². The van der Waals surface area contributed by atoms with Gasteiger partial charge in [0.1, 0.15) is 11.5 Å². The predicted molar refractivity (Wildman–Crippen MR) is 93.4 cm³/mol. The quantitative estimate of drug-likeness (QED) is 0.646. The van der Waals surface area contributed by atoms with Gasteiger partial charge in [0.15, 0.2) is 5.90 Å². The minimum absolute atomic E-state index is 0.0133. The van der Waals surface area contributed by atoms with Gasteiger partial charge in [-0.1, -0.05) is 57.2 Å². The van der Waals surface area contributed by atoms with Crippen molar-refractivity contribution < 1.29 is 9.47 Å². The van der Waals surface area contributed by atoms with E-state index in [2.05, 4.69) is 25.8 Å². The third kappa shape index (κ3) is 6.34. The zero-order chi connectivity index (χ0) is 16.7. The minimum atomic E-state index is -0.189. The molecular weight excluding hydrogens is 288 g/mol. The van der Waals surface area contributed by atoms with Gasteiger partial charge >= 0.3 is 6.02 Å². The number of ether oxygens (including phenoxy) is 2. The fourth-order valence-corrected chi connectivity index (χ4v) is 1.91. The predicted octanol–water partition coefficient (Wildman–Crippen LogP) is 4.91. The summed E-state index contributed by atoms with van der Waals surface area (Å²) < 4.78 is 11.2. The molecule has 0 saturated heterocycles. The maximum atomic E-state index is 7.94. The SMILES string of the molecule is CC(C)(C)CC(=NC(=N)Oc1ccccc1)Oc1ccccc1. The van der Waals surface area contributed by atoms with Crippen molar-refractivity contribution in [3.63, 3.8) is 0 Å². The molecule has 4 nitrogen and oxygen atoms in total. The molecule has 0 radical (unpaired) electrons. The number of hydrogen-bond donors (Lipinski definition) is 1. The molecule has 4 heteroatoms. The van der Waals surface area contributed by atoms with Crippen LogP contribution in [0.3, 0.4) is 0 Å². The molecule has 1 N–H and O–H groups in total. The topological polar surface area (TPSA) is 54.7 Å². The summed E-state index contributed by atoms with van der Waals surface area (Å²) >= 11 is 0. The van der Waals surface area contributed by atoms with Gasteiger partial charge in [0, 0.05) is 6.42 Å². The van der Waals surface area contributed by atoms with Gasteiger partial charge in [-0.2, -0.15) is 4.99 Å². The fraction of sp³-hybridized carbons (Fsp3) is 0.263. The summed E-state index contributed by atoms with van der Waals surface area (Å²) in [6, 6.07) is 18.4. The van der Waals surface area contributed by atoms with E-state index < -0.39 is 0 Å². The molecule has 23 heavy (non-hydrogen) atoms. The summed E-state index contributed by atoms with van der Waals surface area (Å²) in [7, 11) is 0. The highest BCUT2D eigenvalue weighted by Crippen LogP contribution is 2.21.